The Morgan fingerprint density at radius 3 is 2.36 bits per heavy atom. The third-order valence-electron chi connectivity index (χ3n) is 2.11. The van der Waals surface area contributed by atoms with Crippen LogP contribution in [-0.2, 0) is 0 Å². The third-order valence-corrected chi connectivity index (χ3v) is 3.63. The van der Waals surface area contributed by atoms with Gasteiger partial charge in [0, 0.05) is 17.1 Å². The summed E-state index contributed by atoms with van der Waals surface area (Å²) in [7, 11) is 1.20. The highest BCUT2D eigenvalue weighted by molar-refractivity contribution is 9.10. The van der Waals surface area contributed by atoms with Crippen LogP contribution < -0.4 is 0 Å². The highest BCUT2D eigenvalue weighted by Gasteiger charge is 2.29. The first-order valence-electron chi connectivity index (χ1n) is 3.73. The van der Waals surface area contributed by atoms with E-state index >= 15 is 0 Å². The molecule has 0 aliphatic carbocycles. The molecular weight excluding hydrogens is 218 g/mol. The molecule has 1 aromatic carbocycles. The number of halogens is 1. The summed E-state index contributed by atoms with van der Waals surface area (Å²) in [6, 6.07) is 9.38. The van der Waals surface area contributed by atoms with Crippen LogP contribution in [0.4, 0.5) is 0 Å². The summed E-state index contributed by atoms with van der Waals surface area (Å²) in [6.45, 7) is 1.27. The Morgan fingerprint density at radius 1 is 1.36 bits per heavy atom. The van der Waals surface area contributed by atoms with Crippen molar-refractivity contribution in [2.24, 2.45) is 0 Å². The Morgan fingerprint density at radius 2 is 1.91 bits per heavy atom. The van der Waals surface area contributed by atoms with Crippen LogP contribution in [0.5, 0.6) is 0 Å². The minimum atomic E-state index is 0.745. The molecule has 2 atom stereocenters. The van der Waals surface area contributed by atoms with Crippen molar-refractivity contribution in [3.05, 3.63) is 34.3 Å². The van der Waals surface area contributed by atoms with Crippen molar-refractivity contribution in [1.29, 1.82) is 0 Å². The first kappa shape index (κ1) is 7.52. The summed E-state index contributed by atoms with van der Waals surface area (Å²) >= 11 is 3.43. The second-order valence-corrected chi connectivity index (χ2v) is 5.07. The van der Waals surface area contributed by atoms with Gasteiger partial charge in [-0.2, -0.15) is 0 Å². The van der Waals surface area contributed by atoms with E-state index in [1.807, 2.05) is 0 Å². The predicted octanol–water partition coefficient (Wildman–Crippen LogP) is 1.09. The quantitative estimate of drug-likeness (QED) is 0.513. The Labute approximate surface area is 78.0 Å². The topological polar surface area (TPSA) is 3.01 Å². The van der Waals surface area contributed by atoms with Gasteiger partial charge in [-0.1, -0.05) is 28.1 Å². The van der Waals surface area contributed by atoms with Gasteiger partial charge in [0.15, 0.2) is 0 Å². The van der Waals surface area contributed by atoms with E-state index in [2.05, 4.69) is 44.8 Å². The average molecular weight is 228 g/mol. The summed E-state index contributed by atoms with van der Waals surface area (Å²) in [6.07, 6.45) is 0. The molecule has 1 heterocycles. The van der Waals surface area contributed by atoms with Crippen LogP contribution in [0, 0.1) is 0 Å². The van der Waals surface area contributed by atoms with E-state index in [-0.39, 0.29) is 0 Å². The van der Waals surface area contributed by atoms with Gasteiger partial charge in [0.05, 0.1) is 10.4 Å². The molecule has 1 aliphatic heterocycles. The highest BCUT2D eigenvalue weighted by Crippen LogP contribution is 2.32. The van der Waals surface area contributed by atoms with Crippen molar-refractivity contribution >= 4 is 26.3 Å². The van der Waals surface area contributed by atoms with E-state index in [4.69, 9.17) is 0 Å². The van der Waals surface area contributed by atoms with Gasteiger partial charge in [0.25, 0.3) is 0 Å². The Kier molecular flexibility index (Phi) is 1.87. The highest BCUT2D eigenvalue weighted by atomic mass is 79.9. The van der Waals surface area contributed by atoms with E-state index in [0.29, 0.717) is 0 Å². The molecule has 0 spiro atoms. The minimum Gasteiger partial charge on any atom is -0.323 e. The van der Waals surface area contributed by atoms with Crippen LogP contribution in [0.15, 0.2) is 28.7 Å². The number of rotatable bonds is 1. The molecule has 0 N–H and O–H groups in total. The molecule has 0 bridgehead atoms. The van der Waals surface area contributed by atoms with Crippen molar-refractivity contribution < 1.29 is 0 Å². The van der Waals surface area contributed by atoms with Crippen LogP contribution in [0.25, 0.3) is 0 Å². The van der Waals surface area contributed by atoms with Gasteiger partial charge >= 0.3 is 0 Å². The first-order chi connectivity index (χ1) is 5.27. The number of benzene rings is 1. The monoisotopic (exact) mass is 227 g/mol. The fourth-order valence-electron chi connectivity index (χ4n) is 1.27. The zero-order valence-electron chi connectivity index (χ0n) is 6.42. The summed E-state index contributed by atoms with van der Waals surface area (Å²) in [4.78, 5) is 0. The van der Waals surface area contributed by atoms with Gasteiger partial charge in [-0.25, -0.2) is 0 Å². The number of hydrogen-bond acceptors (Lipinski definition) is 1. The van der Waals surface area contributed by atoms with Gasteiger partial charge in [0.2, 0.25) is 0 Å². The van der Waals surface area contributed by atoms with Crippen molar-refractivity contribution in [2.75, 3.05) is 6.54 Å². The third kappa shape index (κ3) is 1.55. The van der Waals surface area contributed by atoms with Gasteiger partial charge in [-0.15, -0.1) is 0 Å². The largest absolute Gasteiger partial charge is 0.323 e. The van der Waals surface area contributed by atoms with Crippen molar-refractivity contribution in [3.8, 4) is 0 Å². The SMILES string of the molecule is [SiH3]N1CC1c1ccc(Br)cc1. The average Bonchev–Trinajstić information content (AvgIpc) is 2.69. The molecule has 58 valence electrons. The molecule has 0 radical (unpaired) electrons. The van der Waals surface area contributed by atoms with Crippen LogP contribution in [-0.4, -0.2) is 21.5 Å². The maximum Gasteiger partial charge on any atom is 0.0793 e. The van der Waals surface area contributed by atoms with Crippen molar-refractivity contribution in [2.45, 2.75) is 6.04 Å². The van der Waals surface area contributed by atoms with Gasteiger partial charge < -0.3 is 4.57 Å². The van der Waals surface area contributed by atoms with E-state index < -0.39 is 0 Å². The number of hydrogen-bond donors (Lipinski definition) is 0. The van der Waals surface area contributed by atoms with Crippen LogP contribution in [0.2, 0.25) is 0 Å². The maximum absolute atomic E-state index is 3.43. The smallest absolute Gasteiger partial charge is 0.0793 e. The molecule has 1 fully saturated rings. The maximum atomic E-state index is 3.43. The van der Waals surface area contributed by atoms with E-state index in [1.54, 1.807) is 0 Å². The number of nitrogens with zero attached hydrogens (tertiary/aromatic N) is 1. The fourth-order valence-corrected chi connectivity index (χ4v) is 2.18. The molecule has 3 heteroatoms. The molecule has 0 saturated carbocycles. The van der Waals surface area contributed by atoms with Crippen LogP contribution in [0.3, 0.4) is 0 Å². The Bertz CT molecular complexity index is 259. The fraction of sp³-hybridized carbons (Fsp3) is 0.250. The van der Waals surface area contributed by atoms with Gasteiger partial charge in [-0.05, 0) is 17.7 Å². The molecule has 1 saturated heterocycles. The Hall–Kier alpha value is -0.123. The van der Waals surface area contributed by atoms with E-state index in [1.165, 1.54) is 27.0 Å². The first-order valence-corrected chi connectivity index (χ1v) is 5.42. The lowest BCUT2D eigenvalue weighted by molar-refractivity contribution is 0.817. The molecule has 0 amide bonds. The molecule has 1 nitrogen and oxygen atoms in total. The van der Waals surface area contributed by atoms with E-state index in [9.17, 15) is 0 Å². The molecule has 1 aromatic rings. The predicted molar refractivity (Wildman–Crippen MR) is 53.5 cm³/mol. The Balaban J connectivity index is 2.21. The van der Waals surface area contributed by atoms with Crippen molar-refractivity contribution in [3.63, 3.8) is 0 Å². The summed E-state index contributed by atoms with van der Waals surface area (Å²) in [5.74, 6) is 0. The van der Waals surface area contributed by atoms with Gasteiger partial charge in [0.1, 0.15) is 0 Å². The molecule has 1 aliphatic rings. The minimum absolute atomic E-state index is 0.745. The normalized spacial score (nSPS) is 28.8. The second-order valence-electron chi connectivity index (χ2n) is 3.01. The standard InChI is InChI=1S/C8H10BrNSi/c9-7-3-1-6(2-4-7)8-5-10(8)11/h1-4,8H,5H2,11H3. The van der Waals surface area contributed by atoms with Gasteiger partial charge in [-0.3, -0.25) is 0 Å². The van der Waals surface area contributed by atoms with Crippen LogP contribution >= 0.6 is 15.9 Å². The zero-order chi connectivity index (χ0) is 7.84. The summed E-state index contributed by atoms with van der Waals surface area (Å²) < 4.78 is 3.63. The lowest BCUT2D eigenvalue weighted by Gasteiger charge is -1.97. The molecule has 2 rings (SSSR count). The summed E-state index contributed by atoms with van der Waals surface area (Å²) in [5.41, 5.74) is 1.46. The molecule has 0 aromatic heterocycles. The van der Waals surface area contributed by atoms with Crippen molar-refractivity contribution in [1.82, 2.24) is 4.57 Å². The zero-order valence-corrected chi connectivity index (χ0v) is 10.0. The lowest BCUT2D eigenvalue weighted by atomic mass is 10.2. The van der Waals surface area contributed by atoms with Crippen LogP contribution in [0.1, 0.15) is 11.6 Å². The molecule has 11 heavy (non-hydrogen) atoms. The molecular formula is C8H10BrNSi. The summed E-state index contributed by atoms with van der Waals surface area (Å²) in [5, 5.41) is 0. The lowest BCUT2D eigenvalue weighted by Crippen LogP contribution is -1.88. The molecule has 2 unspecified atom stereocenters. The van der Waals surface area contributed by atoms with E-state index in [0.717, 1.165) is 6.04 Å². The second kappa shape index (κ2) is 2.73.